The molecule has 1 heterocycles. The number of hydrogen-bond acceptors (Lipinski definition) is 6. The third-order valence-electron chi connectivity index (χ3n) is 1.57. The summed E-state index contributed by atoms with van der Waals surface area (Å²) in [6.07, 6.45) is -0.908. The molecule has 1 aliphatic heterocycles. The van der Waals surface area contributed by atoms with Crippen LogP contribution in [0, 0.1) is 0 Å². The Morgan fingerprint density at radius 3 is 1.64 bits per heavy atom. The molecule has 1 rings (SSSR count). The molecule has 0 amide bonds. The number of hydrogen-bond donors (Lipinski definition) is 0. The van der Waals surface area contributed by atoms with E-state index in [1.54, 1.807) is 13.8 Å². The Hall–Kier alpha value is -0.180. The Morgan fingerprint density at radius 1 is 0.929 bits per heavy atom. The molecule has 2 unspecified atom stereocenters. The smallest absolute Gasteiger partial charge is 0.266 e. The summed E-state index contributed by atoms with van der Waals surface area (Å²) >= 11 is 0. The Morgan fingerprint density at radius 2 is 1.29 bits per heavy atom. The van der Waals surface area contributed by atoms with Gasteiger partial charge in [-0.15, -0.1) is 0 Å². The highest BCUT2D eigenvalue weighted by Crippen LogP contribution is 2.17. The molecule has 84 valence electrons. The molecular weight excluding hydrogens is 232 g/mol. The molecule has 0 aliphatic carbocycles. The van der Waals surface area contributed by atoms with Crippen LogP contribution in [0.1, 0.15) is 20.3 Å². The van der Waals surface area contributed by atoms with E-state index >= 15 is 0 Å². The van der Waals surface area contributed by atoms with E-state index in [1.807, 2.05) is 0 Å². The van der Waals surface area contributed by atoms with Gasteiger partial charge in [-0.2, -0.15) is 16.8 Å². The summed E-state index contributed by atoms with van der Waals surface area (Å²) < 4.78 is 53.5. The van der Waals surface area contributed by atoms with E-state index < -0.39 is 37.5 Å². The Bertz CT molecular complexity index is 356. The van der Waals surface area contributed by atoms with Crippen molar-refractivity contribution >= 4 is 20.2 Å². The van der Waals surface area contributed by atoms with Gasteiger partial charge >= 0.3 is 0 Å². The molecule has 0 saturated carbocycles. The van der Waals surface area contributed by atoms with Crippen LogP contribution in [-0.2, 0) is 28.6 Å². The maximum absolute atomic E-state index is 11.1. The summed E-state index contributed by atoms with van der Waals surface area (Å²) in [5, 5.41) is -1.12. The monoisotopic (exact) mass is 244 g/mol. The normalized spacial score (nSPS) is 37.0. The zero-order chi connectivity index (χ0) is 11.0. The second-order valence-electron chi connectivity index (χ2n) is 3.28. The standard InChI is InChI=1S/C6H12O6S2/c1-5-3-6(2)12-14(9,10)4-13(7,8)11-5/h5-6H,3-4H2,1-2H3. The predicted octanol–water partition coefficient (Wildman–Crippen LogP) is -0.183. The Labute approximate surface area is 83.5 Å². The van der Waals surface area contributed by atoms with Crippen molar-refractivity contribution in [2.24, 2.45) is 0 Å². The van der Waals surface area contributed by atoms with Crippen molar-refractivity contribution in [2.75, 3.05) is 5.08 Å². The molecule has 0 bridgehead atoms. The maximum atomic E-state index is 11.1. The largest absolute Gasteiger partial charge is 0.284 e. The summed E-state index contributed by atoms with van der Waals surface area (Å²) in [5.41, 5.74) is 0. The van der Waals surface area contributed by atoms with E-state index in [4.69, 9.17) is 0 Å². The average molecular weight is 244 g/mol. The lowest BCUT2D eigenvalue weighted by Gasteiger charge is -2.21. The van der Waals surface area contributed by atoms with Crippen LogP contribution in [0.5, 0.6) is 0 Å². The van der Waals surface area contributed by atoms with Gasteiger partial charge in [0.2, 0.25) is 5.08 Å². The van der Waals surface area contributed by atoms with Gasteiger partial charge < -0.3 is 0 Å². The van der Waals surface area contributed by atoms with E-state index in [9.17, 15) is 16.8 Å². The third-order valence-corrected chi connectivity index (χ3v) is 5.13. The first kappa shape index (κ1) is 11.9. The Kier molecular flexibility index (Phi) is 3.20. The average Bonchev–Trinajstić information content (AvgIpc) is 1.74. The van der Waals surface area contributed by atoms with Gasteiger partial charge in [-0.05, 0) is 13.8 Å². The zero-order valence-electron chi connectivity index (χ0n) is 7.83. The maximum Gasteiger partial charge on any atom is 0.284 e. The molecule has 0 aromatic rings. The molecule has 0 aromatic heterocycles. The van der Waals surface area contributed by atoms with Gasteiger partial charge in [0.25, 0.3) is 20.2 Å². The van der Waals surface area contributed by atoms with E-state index in [2.05, 4.69) is 8.37 Å². The molecule has 8 heteroatoms. The van der Waals surface area contributed by atoms with E-state index in [-0.39, 0.29) is 6.42 Å². The first-order valence-corrected chi connectivity index (χ1v) is 7.17. The van der Waals surface area contributed by atoms with Crippen molar-refractivity contribution in [3.8, 4) is 0 Å². The molecule has 14 heavy (non-hydrogen) atoms. The number of rotatable bonds is 0. The lowest BCUT2D eigenvalue weighted by molar-refractivity contribution is 0.134. The van der Waals surface area contributed by atoms with Gasteiger partial charge in [0.1, 0.15) is 0 Å². The highest BCUT2D eigenvalue weighted by molar-refractivity contribution is 8.03. The molecule has 1 fully saturated rings. The summed E-state index contributed by atoms with van der Waals surface area (Å²) in [6, 6.07) is 0. The second-order valence-corrected chi connectivity index (χ2v) is 6.84. The van der Waals surface area contributed by atoms with Crippen LogP contribution in [0.4, 0.5) is 0 Å². The lowest BCUT2D eigenvalue weighted by atomic mass is 10.2. The minimum Gasteiger partial charge on any atom is -0.266 e. The predicted molar refractivity (Wildman–Crippen MR) is 48.4 cm³/mol. The van der Waals surface area contributed by atoms with Gasteiger partial charge in [0, 0.05) is 6.42 Å². The van der Waals surface area contributed by atoms with Crippen LogP contribution < -0.4 is 0 Å². The van der Waals surface area contributed by atoms with Gasteiger partial charge in [0.05, 0.1) is 12.2 Å². The fourth-order valence-electron chi connectivity index (χ4n) is 1.28. The van der Waals surface area contributed by atoms with Crippen molar-refractivity contribution in [3.63, 3.8) is 0 Å². The summed E-state index contributed by atoms with van der Waals surface area (Å²) in [4.78, 5) is 0. The molecule has 0 aromatic carbocycles. The SMILES string of the molecule is CC1CC(C)OS(=O)(=O)CS(=O)(=O)O1. The van der Waals surface area contributed by atoms with Crippen LogP contribution in [-0.4, -0.2) is 34.1 Å². The fraction of sp³-hybridized carbons (Fsp3) is 1.00. The van der Waals surface area contributed by atoms with E-state index in [0.29, 0.717) is 0 Å². The van der Waals surface area contributed by atoms with Gasteiger partial charge in [0.15, 0.2) is 0 Å². The summed E-state index contributed by atoms with van der Waals surface area (Å²) in [5.74, 6) is 0. The van der Waals surface area contributed by atoms with E-state index in [0.717, 1.165) is 0 Å². The van der Waals surface area contributed by atoms with Gasteiger partial charge in [-0.1, -0.05) is 0 Å². The molecule has 0 radical (unpaired) electrons. The highest BCUT2D eigenvalue weighted by Gasteiger charge is 2.31. The second kappa shape index (κ2) is 3.76. The van der Waals surface area contributed by atoms with Crippen molar-refractivity contribution in [1.29, 1.82) is 0 Å². The summed E-state index contributed by atoms with van der Waals surface area (Å²) in [6.45, 7) is 3.10. The third kappa shape index (κ3) is 3.52. The van der Waals surface area contributed by atoms with Crippen molar-refractivity contribution in [2.45, 2.75) is 32.5 Å². The fourth-order valence-corrected chi connectivity index (χ4v) is 4.30. The van der Waals surface area contributed by atoms with Crippen LogP contribution >= 0.6 is 0 Å². The van der Waals surface area contributed by atoms with Crippen LogP contribution in [0.25, 0.3) is 0 Å². The molecule has 0 N–H and O–H groups in total. The van der Waals surface area contributed by atoms with Crippen molar-refractivity contribution in [1.82, 2.24) is 0 Å². The molecular formula is C6H12O6S2. The molecule has 1 aliphatic rings. The van der Waals surface area contributed by atoms with Crippen molar-refractivity contribution < 1.29 is 25.2 Å². The minimum atomic E-state index is -4.04. The first-order valence-electron chi connectivity index (χ1n) is 4.02. The molecule has 6 nitrogen and oxygen atoms in total. The van der Waals surface area contributed by atoms with Crippen LogP contribution in [0.15, 0.2) is 0 Å². The topological polar surface area (TPSA) is 86.7 Å². The van der Waals surface area contributed by atoms with E-state index in [1.165, 1.54) is 0 Å². The molecule has 2 atom stereocenters. The zero-order valence-corrected chi connectivity index (χ0v) is 9.47. The highest BCUT2D eigenvalue weighted by atomic mass is 32.3. The molecule has 1 saturated heterocycles. The first-order chi connectivity index (χ1) is 6.20. The minimum absolute atomic E-state index is 0.221. The van der Waals surface area contributed by atoms with Crippen LogP contribution in [0.3, 0.4) is 0 Å². The van der Waals surface area contributed by atoms with Crippen LogP contribution in [0.2, 0.25) is 0 Å². The van der Waals surface area contributed by atoms with Gasteiger partial charge in [-0.3, -0.25) is 8.37 Å². The van der Waals surface area contributed by atoms with Crippen molar-refractivity contribution in [3.05, 3.63) is 0 Å². The van der Waals surface area contributed by atoms with Gasteiger partial charge in [-0.25, -0.2) is 0 Å². The quantitative estimate of drug-likeness (QED) is 0.549. The Balaban J connectivity index is 2.96. The molecule has 0 spiro atoms. The summed E-state index contributed by atoms with van der Waals surface area (Å²) in [7, 11) is -8.07. The lowest BCUT2D eigenvalue weighted by Crippen LogP contribution is -2.32.